The van der Waals surface area contributed by atoms with E-state index < -0.39 is 5.60 Å². The Labute approximate surface area is 141 Å². The minimum absolute atomic E-state index is 0.0154. The van der Waals surface area contributed by atoms with Gasteiger partial charge in [-0.2, -0.15) is 0 Å². The van der Waals surface area contributed by atoms with Crippen molar-refractivity contribution in [1.29, 1.82) is 0 Å². The highest BCUT2D eigenvalue weighted by Crippen LogP contribution is 2.44. The lowest BCUT2D eigenvalue weighted by molar-refractivity contribution is -0.160. The molecular formula is C18H33BO4. The molecule has 0 spiro atoms. The van der Waals surface area contributed by atoms with Crippen LogP contribution in [0.15, 0.2) is 0 Å². The lowest BCUT2D eigenvalue weighted by atomic mass is 9.67. The average molecular weight is 324 g/mol. The standard InChI is InChI=1S/C18H33BO4/c1-16(2,3)21-15(20)13-9-8-10-14(12-11-13)19-22-17(4,5)18(6,7)23-19/h13-14H,8-12H2,1-7H3. The number of carbonyl (C=O) groups is 1. The van der Waals surface area contributed by atoms with Crippen LogP contribution < -0.4 is 0 Å². The van der Waals surface area contributed by atoms with Gasteiger partial charge in [0.25, 0.3) is 0 Å². The third-order valence-electron chi connectivity index (χ3n) is 5.41. The van der Waals surface area contributed by atoms with Crippen molar-refractivity contribution in [3.8, 4) is 0 Å². The molecule has 1 aliphatic heterocycles. The van der Waals surface area contributed by atoms with E-state index >= 15 is 0 Å². The summed E-state index contributed by atoms with van der Waals surface area (Å²) in [5.41, 5.74) is -0.975. The summed E-state index contributed by atoms with van der Waals surface area (Å²) in [7, 11) is -0.155. The largest absolute Gasteiger partial charge is 0.461 e. The molecule has 0 amide bonds. The zero-order valence-electron chi connectivity index (χ0n) is 15.9. The molecule has 5 heteroatoms. The van der Waals surface area contributed by atoms with E-state index in [0.29, 0.717) is 5.82 Å². The van der Waals surface area contributed by atoms with E-state index in [-0.39, 0.29) is 30.2 Å². The first kappa shape index (κ1) is 18.8. The van der Waals surface area contributed by atoms with Gasteiger partial charge in [-0.25, -0.2) is 0 Å². The maximum Gasteiger partial charge on any atom is 0.461 e. The fourth-order valence-electron chi connectivity index (χ4n) is 3.30. The topological polar surface area (TPSA) is 44.8 Å². The summed E-state index contributed by atoms with van der Waals surface area (Å²) >= 11 is 0. The second-order valence-electron chi connectivity index (χ2n) is 9.12. The summed E-state index contributed by atoms with van der Waals surface area (Å²) in [4.78, 5) is 12.3. The molecule has 23 heavy (non-hydrogen) atoms. The van der Waals surface area contributed by atoms with Crippen molar-refractivity contribution in [3.05, 3.63) is 0 Å². The first-order valence-electron chi connectivity index (χ1n) is 9.00. The van der Waals surface area contributed by atoms with Gasteiger partial charge >= 0.3 is 13.1 Å². The molecule has 1 saturated carbocycles. The fourth-order valence-corrected chi connectivity index (χ4v) is 3.30. The summed E-state index contributed by atoms with van der Waals surface area (Å²) < 4.78 is 18.0. The number of hydrogen-bond acceptors (Lipinski definition) is 4. The Morgan fingerprint density at radius 2 is 1.57 bits per heavy atom. The van der Waals surface area contributed by atoms with Crippen molar-refractivity contribution in [1.82, 2.24) is 0 Å². The Morgan fingerprint density at radius 1 is 1.00 bits per heavy atom. The minimum Gasteiger partial charge on any atom is -0.460 e. The van der Waals surface area contributed by atoms with Gasteiger partial charge in [-0.1, -0.05) is 19.3 Å². The molecule has 2 aliphatic rings. The number of esters is 1. The van der Waals surface area contributed by atoms with Crippen LogP contribution in [0, 0.1) is 5.92 Å². The van der Waals surface area contributed by atoms with Crippen molar-refractivity contribution in [3.63, 3.8) is 0 Å². The van der Waals surface area contributed by atoms with E-state index in [0.717, 1.165) is 32.1 Å². The van der Waals surface area contributed by atoms with Gasteiger partial charge in [0.05, 0.1) is 17.1 Å². The Bertz CT molecular complexity index is 423. The zero-order chi connectivity index (χ0) is 17.5. The summed E-state index contributed by atoms with van der Waals surface area (Å²) in [5.74, 6) is 0.331. The second-order valence-corrected chi connectivity index (χ2v) is 9.12. The van der Waals surface area contributed by atoms with Gasteiger partial charge in [-0.3, -0.25) is 4.79 Å². The van der Waals surface area contributed by atoms with Crippen molar-refractivity contribution in [2.75, 3.05) is 0 Å². The van der Waals surface area contributed by atoms with Gasteiger partial charge in [-0.15, -0.1) is 0 Å². The van der Waals surface area contributed by atoms with Gasteiger partial charge in [0.2, 0.25) is 0 Å². The highest BCUT2D eigenvalue weighted by molar-refractivity contribution is 6.47. The van der Waals surface area contributed by atoms with E-state index in [1.165, 1.54) is 0 Å². The van der Waals surface area contributed by atoms with Crippen LogP contribution in [0.25, 0.3) is 0 Å². The van der Waals surface area contributed by atoms with Crippen LogP contribution in [0.5, 0.6) is 0 Å². The first-order valence-corrected chi connectivity index (χ1v) is 9.00. The van der Waals surface area contributed by atoms with Gasteiger partial charge < -0.3 is 14.0 Å². The molecule has 1 heterocycles. The molecule has 132 valence electrons. The molecule has 0 aromatic rings. The number of rotatable bonds is 2. The molecule has 2 unspecified atom stereocenters. The highest BCUT2D eigenvalue weighted by atomic mass is 16.7. The summed E-state index contributed by atoms with van der Waals surface area (Å²) in [6.45, 7) is 14.1. The summed E-state index contributed by atoms with van der Waals surface area (Å²) in [6.07, 6.45) is 4.81. The van der Waals surface area contributed by atoms with Crippen molar-refractivity contribution < 1.29 is 18.8 Å². The van der Waals surface area contributed by atoms with Gasteiger partial charge in [0.1, 0.15) is 5.60 Å². The van der Waals surface area contributed by atoms with Crippen LogP contribution in [0.4, 0.5) is 0 Å². The maximum absolute atomic E-state index is 12.3. The second kappa shape index (κ2) is 6.40. The van der Waals surface area contributed by atoms with Crippen molar-refractivity contribution in [2.45, 2.75) is 103 Å². The van der Waals surface area contributed by atoms with E-state index in [2.05, 4.69) is 27.7 Å². The Hall–Kier alpha value is -0.545. The minimum atomic E-state index is -0.408. The molecular weight excluding hydrogens is 291 g/mol. The number of carbonyl (C=O) groups excluding carboxylic acids is 1. The van der Waals surface area contributed by atoms with Crippen LogP contribution in [0.3, 0.4) is 0 Å². The van der Waals surface area contributed by atoms with Gasteiger partial charge in [0, 0.05) is 0 Å². The molecule has 0 N–H and O–H groups in total. The quantitative estimate of drug-likeness (QED) is 0.430. The van der Waals surface area contributed by atoms with Crippen LogP contribution in [-0.2, 0) is 18.8 Å². The van der Waals surface area contributed by atoms with E-state index in [1.54, 1.807) is 0 Å². The van der Waals surface area contributed by atoms with Gasteiger partial charge in [0.15, 0.2) is 0 Å². The summed E-state index contributed by atoms with van der Waals surface area (Å²) in [6, 6.07) is 0. The number of hydrogen-bond donors (Lipinski definition) is 0. The number of ether oxygens (including phenoxy) is 1. The molecule has 0 bridgehead atoms. The van der Waals surface area contributed by atoms with E-state index in [4.69, 9.17) is 14.0 Å². The van der Waals surface area contributed by atoms with Gasteiger partial charge in [-0.05, 0) is 67.1 Å². The average Bonchev–Trinajstić information content (AvgIpc) is 2.55. The van der Waals surface area contributed by atoms with Crippen LogP contribution in [0.1, 0.15) is 80.6 Å². The maximum atomic E-state index is 12.3. The third kappa shape index (κ3) is 4.51. The Kier molecular flexibility index (Phi) is 5.23. The highest BCUT2D eigenvalue weighted by Gasteiger charge is 2.53. The normalized spacial score (nSPS) is 30.8. The molecule has 0 radical (unpaired) electrons. The predicted molar refractivity (Wildman–Crippen MR) is 92.3 cm³/mol. The molecule has 2 rings (SSSR count). The molecule has 2 atom stereocenters. The molecule has 2 fully saturated rings. The van der Waals surface area contributed by atoms with Crippen LogP contribution in [0.2, 0.25) is 5.82 Å². The van der Waals surface area contributed by atoms with Crippen LogP contribution in [-0.4, -0.2) is 29.9 Å². The van der Waals surface area contributed by atoms with Crippen LogP contribution >= 0.6 is 0 Å². The monoisotopic (exact) mass is 324 g/mol. The molecule has 4 nitrogen and oxygen atoms in total. The smallest absolute Gasteiger partial charge is 0.460 e. The zero-order valence-corrected chi connectivity index (χ0v) is 15.9. The van der Waals surface area contributed by atoms with Crippen molar-refractivity contribution in [2.24, 2.45) is 5.92 Å². The fraction of sp³-hybridized carbons (Fsp3) is 0.944. The van der Waals surface area contributed by atoms with Crippen molar-refractivity contribution >= 4 is 13.1 Å². The Morgan fingerprint density at radius 3 is 2.09 bits per heavy atom. The third-order valence-corrected chi connectivity index (χ3v) is 5.41. The van der Waals surface area contributed by atoms with E-state index in [9.17, 15) is 4.79 Å². The molecule has 1 aliphatic carbocycles. The molecule has 0 aromatic heterocycles. The summed E-state index contributed by atoms with van der Waals surface area (Å²) in [5, 5.41) is 0. The Balaban J connectivity index is 1.93. The molecule has 0 aromatic carbocycles. The SMILES string of the molecule is CC(C)(C)OC(=O)C1CCCC(B2OC(C)(C)C(C)(C)O2)CC1. The lowest BCUT2D eigenvalue weighted by Crippen LogP contribution is -2.41. The molecule has 1 saturated heterocycles. The predicted octanol–water partition coefficient (Wildman–Crippen LogP) is 4.37. The van der Waals surface area contributed by atoms with E-state index in [1.807, 2.05) is 20.8 Å². The lowest BCUT2D eigenvalue weighted by Gasteiger charge is -2.32. The first-order chi connectivity index (χ1) is 10.4.